The van der Waals surface area contributed by atoms with Crippen molar-refractivity contribution in [3.8, 4) is 0 Å². The van der Waals surface area contributed by atoms with E-state index in [1.807, 2.05) is 0 Å². The highest BCUT2D eigenvalue weighted by molar-refractivity contribution is 7.89. The number of rotatable bonds is 9. The highest BCUT2D eigenvalue weighted by atomic mass is 32.2. The van der Waals surface area contributed by atoms with Gasteiger partial charge < -0.3 is 0 Å². The Morgan fingerprint density at radius 2 is 1.50 bits per heavy atom. The standard InChI is InChI=1S/C10H11F6N5O4S/c1-10(20(13)14,21(15)16)6-17(7-18(11)12)26(24,25)9-4-2-8(3-5-9)19(22)23/h2-5H,6-7H2,1H3. The fraction of sp³-hybridized carbons (Fsp3) is 0.400. The van der Waals surface area contributed by atoms with E-state index in [4.69, 9.17) is 0 Å². The van der Waals surface area contributed by atoms with Crippen LogP contribution >= 0.6 is 0 Å². The highest BCUT2D eigenvalue weighted by Crippen LogP contribution is 2.28. The van der Waals surface area contributed by atoms with Gasteiger partial charge in [0.15, 0.2) is 0 Å². The van der Waals surface area contributed by atoms with E-state index < -0.39 is 60.4 Å². The number of non-ortho nitro benzene ring substituents is 1. The van der Waals surface area contributed by atoms with Gasteiger partial charge in [-0.05, 0) is 19.1 Å². The van der Waals surface area contributed by atoms with Crippen molar-refractivity contribution in [3.63, 3.8) is 0 Å². The summed E-state index contributed by atoms with van der Waals surface area (Å²) in [6, 6.07) is 2.76. The van der Waals surface area contributed by atoms with Gasteiger partial charge in [-0.25, -0.2) is 8.42 Å². The van der Waals surface area contributed by atoms with E-state index in [9.17, 15) is 45.4 Å². The second-order valence-corrected chi connectivity index (χ2v) is 6.93. The van der Waals surface area contributed by atoms with Crippen LogP contribution in [0.3, 0.4) is 0 Å². The molecule has 0 spiro atoms. The number of hydrogen-bond acceptors (Lipinski definition) is 7. The lowest BCUT2D eigenvalue weighted by molar-refractivity contribution is -0.384. The van der Waals surface area contributed by atoms with Crippen LogP contribution < -0.4 is 0 Å². The molecular weight excluding hydrogens is 400 g/mol. The zero-order valence-corrected chi connectivity index (χ0v) is 13.6. The first-order valence-corrected chi connectivity index (χ1v) is 7.83. The molecule has 1 aromatic carbocycles. The molecule has 0 atom stereocenters. The van der Waals surface area contributed by atoms with Gasteiger partial charge in [0.05, 0.1) is 16.4 Å². The number of nitro groups is 1. The second-order valence-electron chi connectivity index (χ2n) is 4.99. The maximum absolute atomic E-state index is 12.8. The van der Waals surface area contributed by atoms with Gasteiger partial charge in [-0.1, -0.05) is 17.9 Å². The molecule has 0 saturated heterocycles. The minimum Gasteiger partial charge on any atom is -0.258 e. The minimum absolute atomic E-state index is 0.214. The summed E-state index contributed by atoms with van der Waals surface area (Å²) in [4.78, 5) is 8.88. The van der Waals surface area contributed by atoms with Crippen LogP contribution in [0.4, 0.5) is 32.6 Å². The van der Waals surface area contributed by atoms with Crippen LogP contribution in [0, 0.1) is 10.1 Å². The van der Waals surface area contributed by atoms with E-state index in [0.29, 0.717) is 12.1 Å². The summed E-state index contributed by atoms with van der Waals surface area (Å²) in [5, 5.41) is 4.75. The van der Waals surface area contributed by atoms with Crippen LogP contribution in [0.15, 0.2) is 29.2 Å². The molecule has 0 bridgehead atoms. The number of hydrogen-bond donors (Lipinski definition) is 0. The van der Waals surface area contributed by atoms with E-state index in [1.54, 1.807) is 0 Å². The third kappa shape index (κ3) is 4.79. The third-order valence-corrected chi connectivity index (χ3v) is 4.95. The Labute approximate surface area is 142 Å². The number of sulfonamides is 1. The largest absolute Gasteiger partial charge is 0.269 e. The van der Waals surface area contributed by atoms with E-state index in [0.717, 1.165) is 12.1 Å². The predicted molar refractivity (Wildman–Crippen MR) is 72.4 cm³/mol. The molecule has 1 aromatic rings. The molecule has 0 aliphatic rings. The molecule has 0 heterocycles. The van der Waals surface area contributed by atoms with Crippen molar-refractivity contribution in [2.75, 3.05) is 13.2 Å². The Bertz CT molecular complexity index is 724. The van der Waals surface area contributed by atoms with Gasteiger partial charge in [0.25, 0.3) is 5.69 Å². The first-order chi connectivity index (χ1) is 11.8. The van der Waals surface area contributed by atoms with E-state index in [2.05, 4.69) is 0 Å². The normalized spacial score (nSPS) is 13.2. The van der Waals surface area contributed by atoms with Crippen molar-refractivity contribution in [3.05, 3.63) is 34.4 Å². The first-order valence-electron chi connectivity index (χ1n) is 6.39. The first kappa shape index (κ1) is 22.0. The Morgan fingerprint density at radius 3 is 1.85 bits per heavy atom. The fourth-order valence-corrected chi connectivity index (χ4v) is 3.15. The maximum atomic E-state index is 12.8. The lowest BCUT2D eigenvalue weighted by atomic mass is 10.2. The van der Waals surface area contributed by atoms with Crippen LogP contribution in [0.25, 0.3) is 0 Å². The SMILES string of the molecule is CC(CN(CN(F)F)S(=O)(=O)c1ccc([N+](=O)[O-])cc1)(N(F)F)N(F)F. The predicted octanol–water partition coefficient (Wildman–Crippen LogP) is 2.47. The maximum Gasteiger partial charge on any atom is 0.269 e. The van der Waals surface area contributed by atoms with Gasteiger partial charge in [0, 0.05) is 28.2 Å². The molecule has 0 aliphatic heterocycles. The van der Waals surface area contributed by atoms with Crippen molar-refractivity contribution >= 4 is 15.7 Å². The summed E-state index contributed by atoms with van der Waals surface area (Å²) in [6.45, 7) is -3.35. The minimum atomic E-state index is -4.97. The van der Waals surface area contributed by atoms with Crippen LogP contribution in [0.5, 0.6) is 0 Å². The Hall–Kier alpha value is -2.01. The lowest BCUT2D eigenvalue weighted by Gasteiger charge is -2.33. The van der Waals surface area contributed by atoms with Crippen LogP contribution in [-0.4, -0.2) is 52.6 Å². The van der Waals surface area contributed by atoms with E-state index in [1.165, 1.54) is 0 Å². The number of nitrogens with zero attached hydrogens (tertiary/aromatic N) is 5. The molecule has 0 saturated carbocycles. The smallest absolute Gasteiger partial charge is 0.258 e. The summed E-state index contributed by atoms with van der Waals surface area (Å²) in [5.74, 6) is 0. The average Bonchev–Trinajstić information content (AvgIpc) is 2.53. The van der Waals surface area contributed by atoms with Crippen LogP contribution in [0.2, 0.25) is 0 Å². The van der Waals surface area contributed by atoms with Crippen molar-refractivity contribution in [1.82, 2.24) is 20.3 Å². The molecule has 0 aliphatic carbocycles. The molecule has 0 aromatic heterocycles. The molecule has 0 fully saturated rings. The molecule has 1 rings (SSSR count). The van der Waals surface area contributed by atoms with Crippen LogP contribution in [-0.2, 0) is 10.0 Å². The van der Waals surface area contributed by atoms with E-state index >= 15 is 0 Å². The lowest BCUT2D eigenvalue weighted by Crippen LogP contribution is -2.56. The molecule has 26 heavy (non-hydrogen) atoms. The van der Waals surface area contributed by atoms with Crippen molar-refractivity contribution in [2.45, 2.75) is 17.5 Å². The monoisotopic (exact) mass is 411 g/mol. The van der Waals surface area contributed by atoms with Gasteiger partial charge in [-0.15, -0.1) is 8.96 Å². The summed E-state index contributed by atoms with van der Waals surface area (Å²) < 4.78 is 100. The van der Waals surface area contributed by atoms with Crippen molar-refractivity contribution in [1.29, 1.82) is 0 Å². The third-order valence-electron chi connectivity index (χ3n) is 3.15. The fourth-order valence-electron chi connectivity index (χ4n) is 1.72. The second kappa shape index (κ2) is 8.12. The molecule has 16 heteroatoms. The van der Waals surface area contributed by atoms with Crippen molar-refractivity contribution in [2.24, 2.45) is 0 Å². The quantitative estimate of drug-likeness (QED) is 0.203. The van der Waals surface area contributed by atoms with E-state index in [-0.39, 0.29) is 11.2 Å². The Kier molecular flexibility index (Phi) is 6.88. The van der Waals surface area contributed by atoms with Gasteiger partial charge in [-0.3, -0.25) is 10.1 Å². The molecule has 0 N–H and O–H groups in total. The Balaban J connectivity index is 3.31. The van der Waals surface area contributed by atoms with Gasteiger partial charge in [0.1, 0.15) is 6.67 Å². The van der Waals surface area contributed by atoms with Crippen LogP contribution in [0.1, 0.15) is 6.92 Å². The summed E-state index contributed by atoms with van der Waals surface area (Å²) in [7, 11) is -4.97. The molecule has 0 amide bonds. The van der Waals surface area contributed by atoms with Gasteiger partial charge in [0.2, 0.25) is 15.7 Å². The number of nitro benzene ring substituents is 1. The molecule has 0 radical (unpaired) electrons. The Morgan fingerprint density at radius 1 is 1.04 bits per heavy atom. The number of halogens is 6. The molecule has 148 valence electrons. The molecular formula is C10H11F6N5O4S. The van der Waals surface area contributed by atoms with Crippen molar-refractivity contribution < 1.29 is 40.2 Å². The summed E-state index contributed by atoms with van der Waals surface area (Å²) in [5.41, 5.74) is -4.07. The van der Waals surface area contributed by atoms with Gasteiger partial charge >= 0.3 is 0 Å². The molecule has 0 unspecified atom stereocenters. The zero-order chi connectivity index (χ0) is 20.3. The molecule has 9 nitrogen and oxygen atoms in total. The zero-order valence-electron chi connectivity index (χ0n) is 12.8. The van der Waals surface area contributed by atoms with Gasteiger partial charge in [-0.2, -0.15) is 4.31 Å². The number of benzene rings is 1. The highest BCUT2D eigenvalue weighted by Gasteiger charge is 2.47. The average molecular weight is 411 g/mol. The summed E-state index contributed by atoms with van der Waals surface area (Å²) >= 11 is 0. The summed E-state index contributed by atoms with van der Waals surface area (Å²) in [6.07, 6.45) is 0. The topological polar surface area (TPSA) is 90.2 Å².